The van der Waals surface area contributed by atoms with Crippen LogP contribution in [0.25, 0.3) is 0 Å². The van der Waals surface area contributed by atoms with E-state index < -0.39 is 24.2 Å². The van der Waals surface area contributed by atoms with Gasteiger partial charge in [0.2, 0.25) is 0 Å². The van der Waals surface area contributed by atoms with E-state index in [1.54, 1.807) is 0 Å². The zero-order valence-corrected chi connectivity index (χ0v) is 6.44. The molecule has 4 heteroatoms. The highest BCUT2D eigenvalue weighted by molar-refractivity contribution is 4.99. The van der Waals surface area contributed by atoms with Crippen LogP contribution in [0.1, 0.15) is 12.8 Å². The van der Waals surface area contributed by atoms with Gasteiger partial charge in [-0.15, -0.1) is 0 Å². The highest BCUT2D eigenvalue weighted by Crippen LogP contribution is 2.45. The predicted octanol–water partition coefficient (Wildman–Crippen LogP) is 2.95. The maximum absolute atomic E-state index is 12.7. The summed E-state index contributed by atoms with van der Waals surface area (Å²) in [4.78, 5) is 0. The molecule has 0 nitrogen and oxygen atoms in total. The topological polar surface area (TPSA) is 0 Å². The monoisotopic (exact) mass is 182 g/mol. The van der Waals surface area contributed by atoms with Crippen molar-refractivity contribution in [1.82, 2.24) is 0 Å². The lowest BCUT2D eigenvalue weighted by atomic mass is 9.92. The Labute approximate surface area is 69.0 Å². The summed E-state index contributed by atoms with van der Waals surface area (Å²) in [5.74, 6) is -2.49. The predicted molar refractivity (Wildman–Crippen MR) is 36.8 cm³/mol. The normalized spacial score (nSPS) is 37.2. The number of hydrogen-bond acceptors (Lipinski definition) is 0. The van der Waals surface area contributed by atoms with E-state index in [1.807, 2.05) is 0 Å². The van der Waals surface area contributed by atoms with Gasteiger partial charge in [-0.2, -0.15) is 13.2 Å². The fourth-order valence-electron chi connectivity index (χ4n) is 1.60. The fourth-order valence-corrected chi connectivity index (χ4v) is 1.60. The Kier molecular flexibility index (Phi) is 2.64. The minimum Gasteiger partial charge on any atom is -0.246 e. The molecule has 0 amide bonds. The second-order valence-corrected chi connectivity index (χ2v) is 3.03. The zero-order chi connectivity index (χ0) is 9.35. The highest BCUT2D eigenvalue weighted by Gasteiger charge is 2.52. The lowest BCUT2D eigenvalue weighted by molar-refractivity contribution is -0.194. The van der Waals surface area contributed by atoms with Crippen LogP contribution in [0, 0.1) is 25.2 Å². The summed E-state index contributed by atoms with van der Waals surface area (Å²) in [5.41, 5.74) is 0. The van der Waals surface area contributed by atoms with Crippen LogP contribution in [0.15, 0.2) is 0 Å². The van der Waals surface area contributed by atoms with E-state index in [2.05, 4.69) is 6.92 Å². The van der Waals surface area contributed by atoms with Crippen LogP contribution < -0.4 is 0 Å². The average Bonchev–Trinajstić information content (AvgIpc) is 2.29. The molecule has 3 unspecified atom stereocenters. The standard InChI is InChI=1S/C8H10F4/c1-2-5-3-4-6(9)7(5)8(10,11)12/h4-7H,1-3H2. The molecule has 0 bridgehead atoms. The van der Waals surface area contributed by atoms with E-state index in [0.29, 0.717) is 0 Å². The molecule has 1 fully saturated rings. The van der Waals surface area contributed by atoms with E-state index in [0.717, 1.165) is 6.42 Å². The average molecular weight is 182 g/mol. The SMILES string of the molecule is [CH2]CC1C[CH]C(F)C1C(F)(F)F. The van der Waals surface area contributed by atoms with Crippen LogP contribution in [-0.4, -0.2) is 12.3 Å². The van der Waals surface area contributed by atoms with Gasteiger partial charge in [0.05, 0.1) is 5.92 Å². The number of hydrogen-bond donors (Lipinski definition) is 0. The molecule has 70 valence electrons. The molecule has 1 saturated carbocycles. The molecule has 3 atom stereocenters. The molecule has 0 spiro atoms. The van der Waals surface area contributed by atoms with Crippen molar-refractivity contribution in [2.75, 3.05) is 0 Å². The molecule has 1 rings (SSSR count). The van der Waals surface area contributed by atoms with Gasteiger partial charge >= 0.3 is 6.18 Å². The molecule has 0 aromatic heterocycles. The van der Waals surface area contributed by atoms with Crippen molar-refractivity contribution >= 4 is 0 Å². The molecular weight excluding hydrogens is 172 g/mol. The number of alkyl halides is 4. The summed E-state index contributed by atoms with van der Waals surface area (Å²) >= 11 is 0. The first kappa shape index (κ1) is 9.81. The smallest absolute Gasteiger partial charge is 0.246 e. The van der Waals surface area contributed by atoms with E-state index >= 15 is 0 Å². The lowest BCUT2D eigenvalue weighted by Crippen LogP contribution is -2.32. The van der Waals surface area contributed by atoms with Gasteiger partial charge in [0, 0.05) is 0 Å². The van der Waals surface area contributed by atoms with Crippen molar-refractivity contribution in [2.45, 2.75) is 25.2 Å². The molecule has 12 heavy (non-hydrogen) atoms. The Morgan fingerprint density at radius 3 is 2.33 bits per heavy atom. The van der Waals surface area contributed by atoms with Crippen molar-refractivity contribution in [2.24, 2.45) is 11.8 Å². The van der Waals surface area contributed by atoms with Gasteiger partial charge in [-0.1, -0.05) is 6.92 Å². The minimum absolute atomic E-state index is 0.140. The third-order valence-electron chi connectivity index (χ3n) is 2.26. The molecule has 1 aliphatic carbocycles. The van der Waals surface area contributed by atoms with Crippen LogP contribution in [0.3, 0.4) is 0 Å². The van der Waals surface area contributed by atoms with E-state index in [-0.39, 0.29) is 12.8 Å². The summed E-state index contributed by atoms with van der Waals surface area (Å²) in [6.07, 6.45) is -4.84. The molecule has 1 aliphatic rings. The summed E-state index contributed by atoms with van der Waals surface area (Å²) in [7, 11) is 0. The van der Waals surface area contributed by atoms with Gasteiger partial charge < -0.3 is 0 Å². The van der Waals surface area contributed by atoms with Crippen molar-refractivity contribution in [3.63, 3.8) is 0 Å². The highest BCUT2D eigenvalue weighted by atomic mass is 19.4. The maximum atomic E-state index is 12.7. The number of halogens is 4. The molecule has 0 heterocycles. The summed E-state index contributed by atoms with van der Waals surface area (Å²) in [5, 5.41) is 0. The van der Waals surface area contributed by atoms with Crippen molar-refractivity contribution in [3.05, 3.63) is 13.3 Å². The van der Waals surface area contributed by atoms with Crippen LogP contribution in [0.2, 0.25) is 0 Å². The first-order valence-electron chi connectivity index (χ1n) is 3.80. The van der Waals surface area contributed by atoms with Crippen LogP contribution >= 0.6 is 0 Å². The molecule has 0 saturated heterocycles. The quantitative estimate of drug-likeness (QED) is 0.547. The van der Waals surface area contributed by atoms with Gasteiger partial charge in [0.15, 0.2) is 0 Å². The van der Waals surface area contributed by atoms with Gasteiger partial charge in [-0.25, -0.2) is 4.39 Å². The summed E-state index contributed by atoms with van der Waals surface area (Å²) < 4.78 is 49.2. The molecule has 0 aromatic carbocycles. The third kappa shape index (κ3) is 1.72. The molecule has 0 N–H and O–H groups in total. The van der Waals surface area contributed by atoms with Crippen LogP contribution in [-0.2, 0) is 0 Å². The second kappa shape index (κ2) is 3.23. The largest absolute Gasteiger partial charge is 0.394 e. The molecule has 0 aliphatic heterocycles. The Bertz CT molecular complexity index is 152. The molecular formula is C8H10F4. The van der Waals surface area contributed by atoms with Crippen LogP contribution in [0.5, 0.6) is 0 Å². The van der Waals surface area contributed by atoms with E-state index in [4.69, 9.17) is 0 Å². The van der Waals surface area contributed by atoms with Gasteiger partial charge in [0.25, 0.3) is 0 Å². The van der Waals surface area contributed by atoms with Gasteiger partial charge in [0.1, 0.15) is 6.17 Å². The molecule has 2 radical (unpaired) electrons. The third-order valence-corrected chi connectivity index (χ3v) is 2.26. The lowest BCUT2D eigenvalue weighted by Gasteiger charge is -2.22. The van der Waals surface area contributed by atoms with E-state index in [1.165, 1.54) is 0 Å². The Morgan fingerprint density at radius 2 is 2.00 bits per heavy atom. The molecule has 0 aromatic rings. The Hall–Kier alpha value is -0.280. The Morgan fingerprint density at radius 1 is 1.42 bits per heavy atom. The van der Waals surface area contributed by atoms with Crippen molar-refractivity contribution in [3.8, 4) is 0 Å². The second-order valence-electron chi connectivity index (χ2n) is 3.03. The minimum atomic E-state index is -4.42. The van der Waals surface area contributed by atoms with Gasteiger partial charge in [-0.05, 0) is 25.2 Å². The zero-order valence-electron chi connectivity index (χ0n) is 6.44. The van der Waals surface area contributed by atoms with Gasteiger partial charge in [-0.3, -0.25) is 0 Å². The van der Waals surface area contributed by atoms with Crippen LogP contribution in [0.4, 0.5) is 17.6 Å². The first-order chi connectivity index (χ1) is 5.46. The van der Waals surface area contributed by atoms with E-state index in [9.17, 15) is 17.6 Å². The summed E-state index contributed by atoms with van der Waals surface area (Å²) in [6.45, 7) is 3.38. The summed E-state index contributed by atoms with van der Waals surface area (Å²) in [6, 6.07) is 0. The van der Waals surface area contributed by atoms with Crippen molar-refractivity contribution < 1.29 is 17.6 Å². The Balaban J connectivity index is 2.70. The fraction of sp³-hybridized carbons (Fsp3) is 0.750. The first-order valence-corrected chi connectivity index (χ1v) is 3.80. The maximum Gasteiger partial charge on any atom is 0.394 e. The number of rotatable bonds is 1. The van der Waals surface area contributed by atoms with Crippen molar-refractivity contribution in [1.29, 1.82) is 0 Å².